The molecule has 6 heteroatoms. The number of hydrogen-bond acceptors (Lipinski definition) is 3. The largest absolute Gasteiger partial charge is 0.326 e. The van der Waals surface area contributed by atoms with Gasteiger partial charge in [0.05, 0.1) is 0 Å². The van der Waals surface area contributed by atoms with Gasteiger partial charge in [0.15, 0.2) is 5.78 Å². The van der Waals surface area contributed by atoms with Crippen LogP contribution in [0.25, 0.3) is 0 Å². The molecular formula is C19H19ClN2O3. The van der Waals surface area contributed by atoms with E-state index in [9.17, 15) is 14.4 Å². The number of amides is 2. The van der Waals surface area contributed by atoms with Crippen LogP contribution in [-0.4, -0.2) is 24.1 Å². The number of hydrogen-bond donors (Lipinski definition) is 1. The summed E-state index contributed by atoms with van der Waals surface area (Å²) < 4.78 is 0. The first-order valence-corrected chi connectivity index (χ1v) is 8.19. The van der Waals surface area contributed by atoms with Crippen molar-refractivity contribution in [1.82, 2.24) is 0 Å². The molecule has 0 saturated carbocycles. The zero-order valence-corrected chi connectivity index (χ0v) is 14.8. The highest BCUT2D eigenvalue weighted by Gasteiger charge is 2.14. The summed E-state index contributed by atoms with van der Waals surface area (Å²) in [6.07, 6.45) is 0.139. The van der Waals surface area contributed by atoms with Gasteiger partial charge in [-0.1, -0.05) is 17.7 Å². The van der Waals surface area contributed by atoms with Crippen molar-refractivity contribution < 1.29 is 14.4 Å². The molecule has 2 aromatic rings. The molecule has 0 aliphatic carbocycles. The predicted molar refractivity (Wildman–Crippen MR) is 99.2 cm³/mol. The van der Waals surface area contributed by atoms with Gasteiger partial charge in [-0.3, -0.25) is 14.4 Å². The Bertz CT molecular complexity index is 788. The Kier molecular flexibility index (Phi) is 6.31. The summed E-state index contributed by atoms with van der Waals surface area (Å²) in [5, 5.41) is 3.28. The molecule has 0 aliphatic heterocycles. The highest BCUT2D eigenvalue weighted by Crippen LogP contribution is 2.20. The van der Waals surface area contributed by atoms with E-state index < -0.39 is 0 Å². The van der Waals surface area contributed by atoms with Crippen LogP contribution in [0.1, 0.15) is 30.6 Å². The SMILES string of the molecule is CC(=O)c1ccc(NC(=O)CCN(C(C)=O)c2cccc(Cl)c2)cc1. The summed E-state index contributed by atoms with van der Waals surface area (Å²) in [7, 11) is 0. The molecule has 130 valence electrons. The standard InChI is InChI=1S/C19H19ClN2O3/c1-13(23)15-6-8-17(9-7-15)21-19(25)10-11-22(14(2)24)18-5-3-4-16(20)12-18/h3-9,12H,10-11H2,1-2H3,(H,21,25). The number of anilines is 2. The Labute approximate surface area is 151 Å². The van der Waals surface area contributed by atoms with E-state index in [4.69, 9.17) is 11.6 Å². The van der Waals surface area contributed by atoms with Crippen LogP contribution in [0.5, 0.6) is 0 Å². The van der Waals surface area contributed by atoms with Gasteiger partial charge in [0.2, 0.25) is 11.8 Å². The third-order valence-electron chi connectivity index (χ3n) is 3.64. The van der Waals surface area contributed by atoms with Crippen LogP contribution in [0.3, 0.4) is 0 Å². The fourth-order valence-electron chi connectivity index (χ4n) is 2.34. The lowest BCUT2D eigenvalue weighted by Crippen LogP contribution is -2.31. The molecule has 0 atom stereocenters. The van der Waals surface area contributed by atoms with E-state index in [-0.39, 0.29) is 30.6 Å². The van der Waals surface area contributed by atoms with Crippen LogP contribution in [0, 0.1) is 0 Å². The van der Waals surface area contributed by atoms with E-state index in [0.29, 0.717) is 22.0 Å². The van der Waals surface area contributed by atoms with Gasteiger partial charge in [0.1, 0.15) is 0 Å². The molecule has 2 amide bonds. The summed E-state index contributed by atoms with van der Waals surface area (Å²) in [6.45, 7) is 3.17. The van der Waals surface area contributed by atoms with Gasteiger partial charge in [0.25, 0.3) is 0 Å². The van der Waals surface area contributed by atoms with Crippen LogP contribution in [0.4, 0.5) is 11.4 Å². The first-order chi connectivity index (χ1) is 11.9. The fourth-order valence-corrected chi connectivity index (χ4v) is 2.52. The smallest absolute Gasteiger partial charge is 0.226 e. The van der Waals surface area contributed by atoms with Crippen molar-refractivity contribution >= 4 is 40.6 Å². The van der Waals surface area contributed by atoms with E-state index in [1.165, 1.54) is 18.7 Å². The Morgan fingerprint density at radius 1 is 1.04 bits per heavy atom. The average molecular weight is 359 g/mol. The Morgan fingerprint density at radius 2 is 1.72 bits per heavy atom. The maximum Gasteiger partial charge on any atom is 0.226 e. The molecule has 0 unspecified atom stereocenters. The molecule has 2 rings (SSSR count). The molecule has 0 fully saturated rings. The number of nitrogens with zero attached hydrogens (tertiary/aromatic N) is 1. The normalized spacial score (nSPS) is 10.2. The lowest BCUT2D eigenvalue weighted by atomic mass is 10.1. The second-order valence-corrected chi connectivity index (χ2v) is 6.02. The van der Waals surface area contributed by atoms with Crippen molar-refractivity contribution in [3.05, 3.63) is 59.1 Å². The number of carbonyl (C=O) groups excluding carboxylic acids is 3. The minimum Gasteiger partial charge on any atom is -0.326 e. The van der Waals surface area contributed by atoms with Gasteiger partial charge in [-0.05, 0) is 49.4 Å². The number of Topliss-reactive ketones (excluding diaryl/α,β-unsaturated/α-hetero) is 1. The maximum atomic E-state index is 12.1. The highest BCUT2D eigenvalue weighted by atomic mass is 35.5. The molecule has 0 bridgehead atoms. The minimum absolute atomic E-state index is 0.0310. The van der Waals surface area contributed by atoms with E-state index in [1.54, 1.807) is 48.5 Å². The fraction of sp³-hybridized carbons (Fsp3) is 0.211. The van der Waals surface area contributed by atoms with Crippen molar-refractivity contribution in [2.24, 2.45) is 0 Å². The summed E-state index contributed by atoms with van der Waals surface area (Å²) in [6, 6.07) is 13.6. The first kappa shape index (κ1) is 18.7. The summed E-state index contributed by atoms with van der Waals surface area (Å²) in [4.78, 5) is 36.7. The molecule has 0 heterocycles. The number of rotatable bonds is 6. The van der Waals surface area contributed by atoms with Crippen molar-refractivity contribution in [2.45, 2.75) is 20.3 Å². The molecule has 25 heavy (non-hydrogen) atoms. The first-order valence-electron chi connectivity index (χ1n) is 7.81. The van der Waals surface area contributed by atoms with Gasteiger partial charge in [-0.25, -0.2) is 0 Å². The molecule has 0 spiro atoms. The van der Waals surface area contributed by atoms with Crippen molar-refractivity contribution in [3.8, 4) is 0 Å². The molecule has 2 aromatic carbocycles. The van der Waals surface area contributed by atoms with E-state index in [0.717, 1.165) is 0 Å². The Hall–Kier alpha value is -2.66. The lowest BCUT2D eigenvalue weighted by molar-refractivity contribution is -0.117. The summed E-state index contributed by atoms with van der Waals surface area (Å²) >= 11 is 5.96. The zero-order valence-electron chi connectivity index (χ0n) is 14.1. The molecule has 1 N–H and O–H groups in total. The predicted octanol–water partition coefficient (Wildman–Crippen LogP) is 3.92. The highest BCUT2D eigenvalue weighted by molar-refractivity contribution is 6.30. The third kappa shape index (κ3) is 5.43. The van der Waals surface area contributed by atoms with Gasteiger partial charge < -0.3 is 10.2 Å². The second kappa shape index (κ2) is 8.44. The van der Waals surface area contributed by atoms with Gasteiger partial charge in [-0.2, -0.15) is 0 Å². The number of nitrogens with one attached hydrogen (secondary N) is 1. The van der Waals surface area contributed by atoms with Crippen molar-refractivity contribution in [2.75, 3.05) is 16.8 Å². The quantitative estimate of drug-likeness (QED) is 0.796. The molecule has 0 radical (unpaired) electrons. The van der Waals surface area contributed by atoms with Crippen LogP contribution in [-0.2, 0) is 9.59 Å². The molecule has 0 saturated heterocycles. The average Bonchev–Trinajstić information content (AvgIpc) is 2.55. The molecule has 5 nitrogen and oxygen atoms in total. The zero-order chi connectivity index (χ0) is 18.4. The van der Waals surface area contributed by atoms with E-state index >= 15 is 0 Å². The van der Waals surface area contributed by atoms with Crippen LogP contribution in [0.2, 0.25) is 5.02 Å². The number of ketones is 1. The molecule has 0 aromatic heterocycles. The summed E-state index contributed by atoms with van der Waals surface area (Å²) in [5.74, 6) is -0.416. The number of carbonyl (C=O) groups is 3. The maximum absolute atomic E-state index is 12.1. The molecule has 0 aliphatic rings. The second-order valence-electron chi connectivity index (χ2n) is 5.58. The van der Waals surface area contributed by atoms with Crippen LogP contribution >= 0.6 is 11.6 Å². The Morgan fingerprint density at radius 3 is 2.28 bits per heavy atom. The van der Waals surface area contributed by atoms with Crippen molar-refractivity contribution in [1.29, 1.82) is 0 Å². The topological polar surface area (TPSA) is 66.5 Å². The monoisotopic (exact) mass is 358 g/mol. The van der Waals surface area contributed by atoms with E-state index in [1.807, 2.05) is 0 Å². The third-order valence-corrected chi connectivity index (χ3v) is 3.87. The van der Waals surface area contributed by atoms with Gasteiger partial charge in [0, 0.05) is 41.9 Å². The molecular weight excluding hydrogens is 340 g/mol. The van der Waals surface area contributed by atoms with Crippen molar-refractivity contribution in [3.63, 3.8) is 0 Å². The van der Waals surface area contributed by atoms with Gasteiger partial charge >= 0.3 is 0 Å². The van der Waals surface area contributed by atoms with Gasteiger partial charge in [-0.15, -0.1) is 0 Å². The van der Waals surface area contributed by atoms with Crippen LogP contribution in [0.15, 0.2) is 48.5 Å². The number of benzene rings is 2. The summed E-state index contributed by atoms with van der Waals surface area (Å²) in [5.41, 5.74) is 1.84. The van der Waals surface area contributed by atoms with Crippen LogP contribution < -0.4 is 10.2 Å². The lowest BCUT2D eigenvalue weighted by Gasteiger charge is -2.21. The number of halogens is 1. The van der Waals surface area contributed by atoms with E-state index in [2.05, 4.69) is 5.32 Å². The minimum atomic E-state index is -0.219. The Balaban J connectivity index is 1.97.